The summed E-state index contributed by atoms with van der Waals surface area (Å²) in [7, 11) is 0. The average molecular weight is 324 g/mol. The summed E-state index contributed by atoms with van der Waals surface area (Å²) in [6.07, 6.45) is 0.783. The number of benzene rings is 1. The van der Waals surface area contributed by atoms with Crippen molar-refractivity contribution in [2.24, 2.45) is 0 Å². The molecule has 1 N–H and O–H groups in total. The molecule has 0 spiro atoms. The molecule has 2 rings (SSSR count). The smallest absolute Gasteiger partial charge is 0.257 e. The zero-order valence-electron chi connectivity index (χ0n) is 12.2. The number of ether oxygens (including phenoxy) is 1. The van der Waals surface area contributed by atoms with E-state index in [1.54, 1.807) is 18.2 Å². The van der Waals surface area contributed by atoms with Crippen LogP contribution in [0.25, 0.3) is 0 Å². The number of para-hydroxylation sites is 1. The quantitative estimate of drug-likeness (QED) is 0.482. The summed E-state index contributed by atoms with van der Waals surface area (Å²) in [5.74, 6) is -0.0350. The molecule has 0 aliphatic heterocycles. The third-order valence-electron chi connectivity index (χ3n) is 2.82. The highest BCUT2D eigenvalue weighted by atomic mass is 32.2. The van der Waals surface area contributed by atoms with Crippen LogP contribution >= 0.6 is 11.8 Å². The van der Waals surface area contributed by atoms with Crippen molar-refractivity contribution in [3.05, 3.63) is 46.5 Å². The molecule has 1 heterocycles. The Kier molecular flexibility index (Phi) is 5.83. The van der Waals surface area contributed by atoms with Crippen LogP contribution in [0.2, 0.25) is 0 Å². The van der Waals surface area contributed by atoms with Crippen molar-refractivity contribution in [2.75, 3.05) is 12.4 Å². The van der Waals surface area contributed by atoms with Crippen molar-refractivity contribution in [1.82, 2.24) is 9.55 Å². The van der Waals surface area contributed by atoms with E-state index in [0.717, 1.165) is 12.5 Å². The van der Waals surface area contributed by atoms with Gasteiger partial charge in [0.1, 0.15) is 0 Å². The third kappa shape index (κ3) is 4.24. The number of rotatable bonds is 7. The molecule has 118 valence electrons. The molecule has 0 fully saturated rings. The lowest BCUT2D eigenvalue weighted by atomic mass is 10.3. The largest absolute Gasteiger partial charge is 0.493 e. The second-order valence-electron chi connectivity index (χ2n) is 4.51. The molecule has 0 radical (unpaired) electrons. The lowest BCUT2D eigenvalue weighted by molar-refractivity contribution is 0.324. The van der Waals surface area contributed by atoms with Crippen molar-refractivity contribution in [1.29, 1.82) is 0 Å². The van der Waals surface area contributed by atoms with Gasteiger partial charge in [0.2, 0.25) is 5.88 Å². The molecule has 2 aromatic rings. The van der Waals surface area contributed by atoms with Crippen LogP contribution in [0.4, 0.5) is 4.39 Å². The molecule has 0 amide bonds. The van der Waals surface area contributed by atoms with Crippen LogP contribution in [-0.2, 0) is 6.54 Å². The maximum Gasteiger partial charge on any atom is 0.257 e. The Morgan fingerprint density at radius 2 is 2.18 bits per heavy atom. The van der Waals surface area contributed by atoms with Crippen LogP contribution in [0.3, 0.4) is 0 Å². The first-order valence-electron chi connectivity index (χ1n) is 6.92. The van der Waals surface area contributed by atoms with Gasteiger partial charge in [-0.1, -0.05) is 30.8 Å². The molecule has 0 unspecified atom stereocenters. The second-order valence-corrected chi connectivity index (χ2v) is 5.58. The number of nitrogens with zero attached hydrogens (tertiary/aromatic N) is 2. The average Bonchev–Trinajstić information content (AvgIpc) is 2.48. The van der Waals surface area contributed by atoms with Crippen molar-refractivity contribution < 1.29 is 14.2 Å². The van der Waals surface area contributed by atoms with Gasteiger partial charge in [0.25, 0.3) is 5.56 Å². The van der Waals surface area contributed by atoms with E-state index in [1.807, 2.05) is 6.92 Å². The first kappa shape index (κ1) is 16.4. The van der Waals surface area contributed by atoms with Crippen molar-refractivity contribution >= 4 is 11.8 Å². The Hall–Kier alpha value is -2.02. The first-order valence-corrected chi connectivity index (χ1v) is 7.91. The minimum absolute atomic E-state index is 0.193. The van der Waals surface area contributed by atoms with E-state index in [1.165, 1.54) is 22.4 Å². The van der Waals surface area contributed by atoms with Gasteiger partial charge in [-0.25, -0.2) is 4.39 Å². The molecule has 1 aromatic heterocycles. The normalized spacial score (nSPS) is 10.6. The number of thioether (sulfide) groups is 1. The van der Waals surface area contributed by atoms with E-state index in [0.29, 0.717) is 17.5 Å². The maximum atomic E-state index is 13.4. The van der Waals surface area contributed by atoms with E-state index in [2.05, 4.69) is 4.98 Å². The van der Waals surface area contributed by atoms with Crippen LogP contribution in [0.1, 0.15) is 13.3 Å². The van der Waals surface area contributed by atoms with Crippen molar-refractivity contribution in [2.45, 2.75) is 25.0 Å². The summed E-state index contributed by atoms with van der Waals surface area (Å²) in [5.41, 5.74) is -0.285. The van der Waals surface area contributed by atoms with Gasteiger partial charge in [-0.15, -0.1) is 0 Å². The minimum Gasteiger partial charge on any atom is -0.493 e. The molecule has 0 bridgehead atoms. The van der Waals surface area contributed by atoms with E-state index in [9.17, 15) is 14.3 Å². The van der Waals surface area contributed by atoms with E-state index >= 15 is 0 Å². The van der Waals surface area contributed by atoms with Crippen molar-refractivity contribution in [3.8, 4) is 11.6 Å². The number of hydrogen-bond donors (Lipinski definition) is 1. The summed E-state index contributed by atoms with van der Waals surface area (Å²) in [5, 5.41) is 9.87. The molecule has 5 nitrogen and oxygen atoms in total. The van der Waals surface area contributed by atoms with E-state index in [-0.39, 0.29) is 23.8 Å². The lowest BCUT2D eigenvalue weighted by Gasteiger charge is -2.11. The minimum atomic E-state index is -0.411. The molecule has 0 atom stereocenters. The van der Waals surface area contributed by atoms with Crippen LogP contribution in [0.15, 0.2) is 40.3 Å². The molecule has 0 saturated heterocycles. The summed E-state index contributed by atoms with van der Waals surface area (Å²) in [4.78, 5) is 15.8. The van der Waals surface area contributed by atoms with Crippen LogP contribution in [0, 0.1) is 5.82 Å². The Morgan fingerprint density at radius 3 is 2.91 bits per heavy atom. The molecule has 22 heavy (non-hydrogen) atoms. The SMILES string of the molecule is CCCn1c(SCCOc2ccccc2F)nc(O)cc1=O. The van der Waals surface area contributed by atoms with Gasteiger partial charge >= 0.3 is 0 Å². The van der Waals surface area contributed by atoms with Crippen LogP contribution in [0.5, 0.6) is 11.6 Å². The zero-order valence-corrected chi connectivity index (χ0v) is 13.0. The standard InChI is InChI=1S/C15H17FN2O3S/c1-2-7-18-14(20)10-13(19)17-15(18)22-9-8-21-12-6-4-3-5-11(12)16/h3-6,10,19H,2,7-9H2,1H3. The number of aromatic hydroxyl groups is 1. The number of halogens is 1. The second kappa shape index (κ2) is 7.84. The van der Waals surface area contributed by atoms with E-state index in [4.69, 9.17) is 4.74 Å². The lowest BCUT2D eigenvalue weighted by Crippen LogP contribution is -2.22. The maximum absolute atomic E-state index is 13.4. The van der Waals surface area contributed by atoms with Gasteiger partial charge < -0.3 is 9.84 Å². The Bertz CT molecular complexity index is 691. The first-order chi connectivity index (χ1) is 10.6. The van der Waals surface area contributed by atoms with Crippen molar-refractivity contribution in [3.63, 3.8) is 0 Å². The summed E-state index contributed by atoms with van der Waals surface area (Å²) < 4.78 is 20.2. The van der Waals surface area contributed by atoms with Gasteiger partial charge in [-0.05, 0) is 18.6 Å². The zero-order chi connectivity index (χ0) is 15.9. The van der Waals surface area contributed by atoms with E-state index < -0.39 is 5.82 Å². The Morgan fingerprint density at radius 1 is 1.41 bits per heavy atom. The van der Waals surface area contributed by atoms with Crippen LogP contribution < -0.4 is 10.3 Å². The predicted molar refractivity (Wildman–Crippen MR) is 83.1 cm³/mol. The Labute approximate surface area is 131 Å². The molecular formula is C15H17FN2O3S. The highest BCUT2D eigenvalue weighted by molar-refractivity contribution is 7.99. The van der Waals surface area contributed by atoms with Crippen LogP contribution in [-0.4, -0.2) is 27.0 Å². The molecule has 0 aliphatic carbocycles. The van der Waals surface area contributed by atoms with Gasteiger partial charge in [0.15, 0.2) is 16.7 Å². The molecule has 1 aromatic carbocycles. The monoisotopic (exact) mass is 324 g/mol. The fourth-order valence-corrected chi connectivity index (χ4v) is 2.70. The van der Waals surface area contributed by atoms with Gasteiger partial charge in [0, 0.05) is 12.3 Å². The number of aromatic nitrogens is 2. The van der Waals surface area contributed by atoms with Gasteiger partial charge in [-0.3, -0.25) is 9.36 Å². The fourth-order valence-electron chi connectivity index (χ4n) is 1.86. The molecule has 0 aliphatic rings. The predicted octanol–water partition coefficient (Wildman–Crippen LogP) is 2.67. The topological polar surface area (TPSA) is 64.3 Å². The number of hydrogen-bond acceptors (Lipinski definition) is 5. The molecule has 7 heteroatoms. The van der Waals surface area contributed by atoms with Gasteiger partial charge in [0.05, 0.1) is 12.7 Å². The summed E-state index contributed by atoms with van der Waals surface area (Å²) in [6.45, 7) is 2.75. The highest BCUT2D eigenvalue weighted by Gasteiger charge is 2.09. The third-order valence-corrected chi connectivity index (χ3v) is 3.76. The highest BCUT2D eigenvalue weighted by Crippen LogP contribution is 2.19. The molecular weight excluding hydrogens is 307 g/mol. The fraction of sp³-hybridized carbons (Fsp3) is 0.333. The molecule has 0 saturated carbocycles. The Balaban J connectivity index is 1.97. The summed E-state index contributed by atoms with van der Waals surface area (Å²) >= 11 is 1.28. The van der Waals surface area contributed by atoms with Gasteiger partial charge in [-0.2, -0.15) is 4.98 Å². The summed E-state index contributed by atoms with van der Waals surface area (Å²) in [6, 6.07) is 7.27.